The minimum Gasteiger partial charge on any atom is -0.356 e. The highest BCUT2D eigenvalue weighted by molar-refractivity contribution is 4.97. The molecule has 1 unspecified atom stereocenters. The molecule has 0 aliphatic carbocycles. The lowest BCUT2D eigenvalue weighted by atomic mass is 10.0. The first kappa shape index (κ1) is 42.4. The van der Waals surface area contributed by atoms with Gasteiger partial charge in [-0.25, -0.2) is 0 Å². The van der Waals surface area contributed by atoms with E-state index in [0.717, 1.165) is 0 Å². The van der Waals surface area contributed by atoms with Gasteiger partial charge in [0.25, 0.3) is 0 Å². The number of unbranched alkanes of at least 4 members (excludes halogenated alkanes) is 31. The second-order valence-electron chi connectivity index (χ2n) is 15.0. The second-order valence-corrected chi connectivity index (χ2v) is 15.0. The van der Waals surface area contributed by atoms with Crippen molar-refractivity contribution in [2.75, 3.05) is 13.1 Å². The quantitative estimate of drug-likeness (QED) is 0.0630. The normalized spacial score (nSPS) is 14.8. The smallest absolute Gasteiger partial charge is 0.101 e. The summed E-state index contributed by atoms with van der Waals surface area (Å²) in [5.41, 5.74) is 0. The molecular weight excluding hydrogens is 544 g/mol. The molecule has 0 saturated heterocycles. The van der Waals surface area contributed by atoms with Gasteiger partial charge in [-0.15, -0.1) is 0 Å². The zero-order valence-corrected chi connectivity index (χ0v) is 31.8. The largest absolute Gasteiger partial charge is 0.356 e. The van der Waals surface area contributed by atoms with E-state index in [4.69, 9.17) is 0 Å². The maximum Gasteiger partial charge on any atom is 0.101 e. The van der Waals surface area contributed by atoms with Crippen molar-refractivity contribution in [2.45, 2.75) is 252 Å². The highest BCUT2D eigenvalue weighted by Crippen LogP contribution is 2.24. The molecule has 0 radical (unpaired) electrons. The zero-order chi connectivity index (χ0) is 32.3. The van der Waals surface area contributed by atoms with Gasteiger partial charge >= 0.3 is 0 Å². The summed E-state index contributed by atoms with van der Waals surface area (Å²) < 4.78 is 0. The number of nitrogens with zero attached hydrogens (tertiary/aromatic N) is 2. The van der Waals surface area contributed by atoms with Crippen LogP contribution >= 0.6 is 0 Å². The molecule has 268 valence electrons. The van der Waals surface area contributed by atoms with Gasteiger partial charge < -0.3 is 9.80 Å². The molecular formula is C43H86N2. The van der Waals surface area contributed by atoms with Crippen LogP contribution in [0.5, 0.6) is 0 Å². The van der Waals surface area contributed by atoms with Crippen LogP contribution < -0.4 is 0 Å². The Bertz CT molecular complexity index is 586. The molecule has 1 heterocycles. The maximum atomic E-state index is 2.73. The molecule has 45 heavy (non-hydrogen) atoms. The fourth-order valence-corrected chi connectivity index (χ4v) is 7.42. The summed E-state index contributed by atoms with van der Waals surface area (Å²) in [5.74, 6) is 0. The van der Waals surface area contributed by atoms with Gasteiger partial charge in [-0.2, -0.15) is 0 Å². The van der Waals surface area contributed by atoms with Crippen LogP contribution in [-0.4, -0.2) is 29.1 Å². The molecule has 1 rings (SSSR count). The van der Waals surface area contributed by atoms with Crippen molar-refractivity contribution in [1.82, 2.24) is 9.80 Å². The number of rotatable bonds is 37. The average molecular weight is 631 g/mol. The van der Waals surface area contributed by atoms with Crippen molar-refractivity contribution in [3.63, 3.8) is 0 Å². The molecule has 2 heteroatoms. The number of hydrogen-bond donors (Lipinski definition) is 0. The van der Waals surface area contributed by atoms with E-state index in [1.807, 2.05) is 0 Å². The second kappa shape index (κ2) is 34.7. The Morgan fingerprint density at radius 1 is 0.289 bits per heavy atom. The van der Waals surface area contributed by atoms with E-state index in [-0.39, 0.29) is 0 Å². The molecule has 2 nitrogen and oxygen atoms in total. The van der Waals surface area contributed by atoms with E-state index < -0.39 is 0 Å². The van der Waals surface area contributed by atoms with Gasteiger partial charge in [-0.1, -0.05) is 220 Å². The van der Waals surface area contributed by atoms with Crippen molar-refractivity contribution < 1.29 is 0 Å². The van der Waals surface area contributed by atoms with Crippen molar-refractivity contribution in [3.05, 3.63) is 12.4 Å². The molecule has 0 bridgehead atoms. The Morgan fingerprint density at radius 2 is 0.511 bits per heavy atom. The van der Waals surface area contributed by atoms with Gasteiger partial charge in [0, 0.05) is 25.5 Å². The highest BCUT2D eigenvalue weighted by atomic mass is 15.4. The zero-order valence-electron chi connectivity index (χ0n) is 31.8. The topological polar surface area (TPSA) is 6.48 Å². The van der Waals surface area contributed by atoms with E-state index in [1.54, 1.807) is 0 Å². The highest BCUT2D eigenvalue weighted by Gasteiger charge is 2.24. The first-order valence-corrected chi connectivity index (χ1v) is 21.5. The van der Waals surface area contributed by atoms with Crippen LogP contribution in [0.25, 0.3) is 0 Å². The summed E-state index contributed by atoms with van der Waals surface area (Å²) >= 11 is 0. The minimum atomic E-state index is 0.639. The van der Waals surface area contributed by atoms with Crippen molar-refractivity contribution in [1.29, 1.82) is 0 Å². The lowest BCUT2D eigenvalue weighted by molar-refractivity contribution is 0.135. The van der Waals surface area contributed by atoms with Crippen LogP contribution in [0.15, 0.2) is 12.4 Å². The first-order chi connectivity index (χ1) is 22.3. The molecule has 1 atom stereocenters. The lowest BCUT2D eigenvalue weighted by Gasteiger charge is -2.33. The predicted molar refractivity (Wildman–Crippen MR) is 205 cm³/mol. The lowest BCUT2D eigenvalue weighted by Crippen LogP contribution is -2.39. The van der Waals surface area contributed by atoms with Crippen molar-refractivity contribution in [3.8, 4) is 0 Å². The fraction of sp³-hybridized carbons (Fsp3) is 0.953. The van der Waals surface area contributed by atoms with Gasteiger partial charge in [0.1, 0.15) is 6.17 Å². The third kappa shape index (κ3) is 27.0. The Kier molecular flexibility index (Phi) is 32.6. The fourth-order valence-electron chi connectivity index (χ4n) is 7.42. The molecule has 0 amide bonds. The summed E-state index contributed by atoms with van der Waals surface area (Å²) in [6, 6.07) is 0. The third-order valence-corrected chi connectivity index (χ3v) is 10.6. The Morgan fingerprint density at radius 3 is 0.778 bits per heavy atom. The molecule has 1 aliphatic heterocycles. The molecule has 0 aromatic heterocycles. The predicted octanol–water partition coefficient (Wildman–Crippen LogP) is 15.1. The standard InChI is InChI=1S/C43H86N2/c1-4-7-10-13-16-19-21-22-23-24-25-28-31-34-37-40-45-42-41-44(39-36-33-30-27-18-15-12-9-6-3)43(45)38-35-32-29-26-20-17-14-11-8-5-2/h41-43H,4-40H2,1-3H3. The number of hydrogen-bond acceptors (Lipinski definition) is 2. The summed E-state index contributed by atoms with van der Waals surface area (Å²) in [7, 11) is 0. The van der Waals surface area contributed by atoms with Gasteiger partial charge in [0.05, 0.1) is 0 Å². The monoisotopic (exact) mass is 631 g/mol. The Labute approximate surface area is 286 Å². The van der Waals surface area contributed by atoms with Gasteiger partial charge in [0.2, 0.25) is 0 Å². The Hall–Kier alpha value is -0.660. The van der Waals surface area contributed by atoms with E-state index in [9.17, 15) is 0 Å². The summed E-state index contributed by atoms with van der Waals surface area (Å²) in [5, 5.41) is 0. The summed E-state index contributed by atoms with van der Waals surface area (Å²) in [6.07, 6.45) is 55.9. The average Bonchev–Trinajstić information content (AvgIpc) is 3.43. The van der Waals surface area contributed by atoms with E-state index in [2.05, 4.69) is 43.0 Å². The van der Waals surface area contributed by atoms with Crippen LogP contribution in [0.3, 0.4) is 0 Å². The van der Waals surface area contributed by atoms with Crippen LogP contribution in [0.1, 0.15) is 245 Å². The molecule has 0 aromatic carbocycles. The van der Waals surface area contributed by atoms with Crippen LogP contribution in [0.4, 0.5) is 0 Å². The van der Waals surface area contributed by atoms with Crippen LogP contribution in [0, 0.1) is 0 Å². The first-order valence-electron chi connectivity index (χ1n) is 21.5. The van der Waals surface area contributed by atoms with Crippen LogP contribution in [0.2, 0.25) is 0 Å². The van der Waals surface area contributed by atoms with E-state index >= 15 is 0 Å². The summed E-state index contributed by atoms with van der Waals surface area (Å²) in [6.45, 7) is 9.49. The maximum absolute atomic E-state index is 2.73. The molecule has 0 N–H and O–H groups in total. The molecule has 0 aromatic rings. The van der Waals surface area contributed by atoms with Crippen molar-refractivity contribution in [2.24, 2.45) is 0 Å². The molecule has 0 spiro atoms. The Balaban J connectivity index is 2.19. The van der Waals surface area contributed by atoms with E-state index in [0.29, 0.717) is 6.17 Å². The molecule has 1 aliphatic rings. The van der Waals surface area contributed by atoms with Crippen LogP contribution in [-0.2, 0) is 0 Å². The summed E-state index contributed by atoms with van der Waals surface area (Å²) in [4.78, 5) is 5.45. The third-order valence-electron chi connectivity index (χ3n) is 10.6. The van der Waals surface area contributed by atoms with Crippen molar-refractivity contribution >= 4 is 0 Å². The molecule has 0 saturated carbocycles. The SMILES string of the molecule is CCCCCCCCCCCCCCCCCN1C=CN(CCCCCCCCCCC)C1CCCCCCCCCCCC. The van der Waals surface area contributed by atoms with Gasteiger partial charge in [-0.05, 0) is 25.7 Å². The van der Waals surface area contributed by atoms with Gasteiger partial charge in [0.15, 0.2) is 0 Å². The minimum absolute atomic E-state index is 0.639. The van der Waals surface area contributed by atoms with E-state index in [1.165, 1.54) is 238 Å². The molecule has 0 fully saturated rings. The van der Waals surface area contributed by atoms with Gasteiger partial charge in [-0.3, -0.25) is 0 Å².